The summed E-state index contributed by atoms with van der Waals surface area (Å²) in [5, 5.41) is 22.3. The quantitative estimate of drug-likeness (QED) is 0.112. The van der Waals surface area contributed by atoms with Crippen molar-refractivity contribution in [2.75, 3.05) is 18.9 Å². The Bertz CT molecular complexity index is 2170. The number of hydrogen-bond acceptors (Lipinski definition) is 17. The van der Waals surface area contributed by atoms with Crippen LogP contribution in [-0.4, -0.2) is 113 Å². The minimum absolute atomic E-state index is 0.123. The van der Waals surface area contributed by atoms with Crippen LogP contribution < -0.4 is 11.3 Å². The Kier molecular flexibility index (Phi) is 7.11. The lowest BCUT2D eigenvalue weighted by Crippen LogP contribution is -2.36. The number of nitrogen functional groups attached to an aromatic ring is 1. The summed E-state index contributed by atoms with van der Waals surface area (Å²) in [4.78, 5) is 56.8. The summed E-state index contributed by atoms with van der Waals surface area (Å²) < 4.78 is 63.2. The van der Waals surface area contributed by atoms with E-state index in [-0.39, 0.29) is 22.8 Å². The van der Waals surface area contributed by atoms with Crippen LogP contribution in [0.25, 0.3) is 28.0 Å². The first kappa shape index (κ1) is 30.6. The molecule has 25 heteroatoms. The number of nitrogens with two attached hydrogens (primary N) is 1. The van der Waals surface area contributed by atoms with Gasteiger partial charge < -0.3 is 35.2 Å². The summed E-state index contributed by atoms with van der Waals surface area (Å²) in [5.41, 5.74) is 5.73. The van der Waals surface area contributed by atoms with E-state index in [4.69, 9.17) is 33.3 Å². The van der Waals surface area contributed by atoms with E-state index in [0.29, 0.717) is 11.2 Å². The third kappa shape index (κ3) is 5.17. The van der Waals surface area contributed by atoms with Gasteiger partial charge in [0.05, 0.1) is 25.9 Å². The topological polar surface area (TPSA) is 308 Å². The van der Waals surface area contributed by atoms with E-state index in [1.807, 2.05) is 0 Å². The van der Waals surface area contributed by atoms with E-state index in [0.717, 1.165) is 10.9 Å². The summed E-state index contributed by atoms with van der Waals surface area (Å²) in [6, 6.07) is 0. The standard InChI is InChI=1S/C22H24N10O13P2/c23-22-28-18-11(19(35)29-22)26-7-32(18)21-15-12(33)8(42-21)3-40-46(36,37)44-14-9(4-41-47(38,39)45-15)43-20(13(14)34)31-6-25-10-16-24-1-2-30(16)5-27-17(10)31/h1-2,5-9,12-15,20-21,33-34H,3-4H2,(H,36,37)(H,38,39)(H3,23,28,29,35)/t8-,9-,12+,13?,14+,15?,20-,21-/m1/s1. The summed E-state index contributed by atoms with van der Waals surface area (Å²) >= 11 is 0. The zero-order valence-electron chi connectivity index (χ0n) is 23.4. The average Bonchev–Trinajstić information content (AvgIpc) is 3.83. The molecule has 0 spiro atoms. The van der Waals surface area contributed by atoms with E-state index in [2.05, 4.69) is 29.9 Å². The van der Waals surface area contributed by atoms with Gasteiger partial charge in [-0.1, -0.05) is 0 Å². The molecule has 3 aliphatic rings. The van der Waals surface area contributed by atoms with Crippen molar-refractivity contribution < 1.29 is 56.7 Å². The Hall–Kier alpha value is -3.70. The minimum Gasteiger partial charge on any atom is -0.387 e. The minimum atomic E-state index is -5.11. The Morgan fingerprint density at radius 3 is 2.23 bits per heavy atom. The number of rotatable bonds is 2. The van der Waals surface area contributed by atoms with Gasteiger partial charge in [-0.15, -0.1) is 0 Å². The van der Waals surface area contributed by atoms with Crippen molar-refractivity contribution in [1.82, 2.24) is 43.4 Å². The number of phosphoric ester groups is 2. The van der Waals surface area contributed by atoms with E-state index >= 15 is 0 Å². The van der Waals surface area contributed by atoms with Crippen molar-refractivity contribution in [3.8, 4) is 0 Å². The molecular formula is C22H24N10O13P2. The molecule has 0 saturated carbocycles. The van der Waals surface area contributed by atoms with Crippen LogP contribution in [0.4, 0.5) is 5.95 Å². The van der Waals surface area contributed by atoms with Crippen molar-refractivity contribution in [3.63, 3.8) is 0 Å². The fraction of sp³-hybridized carbons (Fsp3) is 0.455. The zero-order valence-corrected chi connectivity index (χ0v) is 25.2. The lowest BCUT2D eigenvalue weighted by atomic mass is 10.1. The molecule has 0 amide bonds. The molecule has 3 fully saturated rings. The largest absolute Gasteiger partial charge is 0.472 e. The van der Waals surface area contributed by atoms with E-state index in [1.54, 1.807) is 16.8 Å². The fourth-order valence-electron chi connectivity index (χ4n) is 5.77. The summed E-state index contributed by atoms with van der Waals surface area (Å²) in [6.45, 7) is -1.63. The highest BCUT2D eigenvalue weighted by molar-refractivity contribution is 7.47. The number of H-pyrrole nitrogens is 1. The number of hydrogen-bond donors (Lipinski definition) is 6. The summed E-state index contributed by atoms with van der Waals surface area (Å²) in [6.07, 6.45) is -5.51. The third-order valence-electron chi connectivity index (χ3n) is 7.89. The van der Waals surface area contributed by atoms with Crippen molar-refractivity contribution in [1.29, 1.82) is 0 Å². The lowest BCUT2D eigenvalue weighted by molar-refractivity contribution is -0.0672. The molecule has 8 heterocycles. The van der Waals surface area contributed by atoms with Crippen LogP contribution in [0.3, 0.4) is 0 Å². The number of aromatic nitrogens is 9. The van der Waals surface area contributed by atoms with Crippen LogP contribution in [0.15, 0.2) is 36.2 Å². The molecule has 0 radical (unpaired) electrons. The molecule has 5 aromatic rings. The molecule has 23 nitrogen and oxygen atoms in total. The van der Waals surface area contributed by atoms with E-state index in [1.165, 1.54) is 17.2 Å². The monoisotopic (exact) mass is 698 g/mol. The third-order valence-corrected chi connectivity index (χ3v) is 9.86. The number of nitrogens with one attached hydrogen (secondary N) is 1. The predicted octanol–water partition coefficient (Wildman–Crippen LogP) is -1.67. The van der Waals surface area contributed by atoms with Gasteiger partial charge in [-0.3, -0.25) is 41.4 Å². The molecule has 4 unspecified atom stereocenters. The molecule has 5 aromatic heterocycles. The maximum absolute atomic E-state index is 13.3. The van der Waals surface area contributed by atoms with Gasteiger partial charge in [-0.05, 0) is 0 Å². The molecule has 7 N–H and O–H groups in total. The second kappa shape index (κ2) is 10.9. The van der Waals surface area contributed by atoms with Crippen LogP contribution in [-0.2, 0) is 36.7 Å². The molecule has 3 aliphatic heterocycles. The van der Waals surface area contributed by atoms with Gasteiger partial charge in [0.2, 0.25) is 5.95 Å². The predicted molar refractivity (Wildman–Crippen MR) is 150 cm³/mol. The molecular weight excluding hydrogens is 674 g/mol. The summed E-state index contributed by atoms with van der Waals surface area (Å²) in [5.74, 6) is -0.280. The highest BCUT2D eigenvalue weighted by atomic mass is 31.2. The Balaban J connectivity index is 1.11. The first-order valence-electron chi connectivity index (χ1n) is 13.7. The van der Waals surface area contributed by atoms with Crippen LogP contribution in [0, 0.1) is 0 Å². The number of fused-ring (bicyclic) bond motifs is 7. The van der Waals surface area contributed by atoms with Crippen LogP contribution in [0.1, 0.15) is 12.5 Å². The first-order valence-corrected chi connectivity index (χ1v) is 16.7. The number of ether oxygens (including phenoxy) is 2. The Morgan fingerprint density at radius 2 is 1.47 bits per heavy atom. The normalized spacial score (nSPS) is 36.8. The molecule has 10 atom stereocenters. The number of aliphatic hydroxyl groups is 2. The molecule has 250 valence electrons. The SMILES string of the molecule is Nc1nc2c(ncn2[C@@H]2O[C@@H]3COP(=O)(O)O[C@@H]4C(O)[C@H](n5cnc6c5ncn5ccnc65)O[C@@H]4COP(=O)(O)OC2[C@H]3O)c(=O)[nH]1. The molecule has 8 rings (SSSR count). The number of nitrogens with zero attached hydrogens (tertiary/aromatic N) is 8. The average molecular weight is 698 g/mol. The smallest absolute Gasteiger partial charge is 0.387 e. The van der Waals surface area contributed by atoms with Gasteiger partial charge in [0, 0.05) is 12.4 Å². The van der Waals surface area contributed by atoms with Crippen LogP contribution >= 0.6 is 15.6 Å². The highest BCUT2D eigenvalue weighted by Gasteiger charge is 2.54. The van der Waals surface area contributed by atoms with E-state index < -0.39 is 83.5 Å². The first-order chi connectivity index (χ1) is 22.4. The van der Waals surface area contributed by atoms with Gasteiger partial charge in [-0.25, -0.2) is 29.1 Å². The van der Waals surface area contributed by atoms with Gasteiger partial charge in [0.1, 0.15) is 43.0 Å². The molecule has 0 aromatic carbocycles. The van der Waals surface area contributed by atoms with Crippen molar-refractivity contribution in [2.24, 2.45) is 0 Å². The van der Waals surface area contributed by atoms with Crippen molar-refractivity contribution in [3.05, 3.63) is 41.7 Å². The lowest BCUT2D eigenvalue weighted by Gasteiger charge is -2.25. The Labute approximate surface area is 259 Å². The van der Waals surface area contributed by atoms with Gasteiger partial charge >= 0.3 is 15.6 Å². The van der Waals surface area contributed by atoms with Gasteiger partial charge in [-0.2, -0.15) is 4.98 Å². The fourth-order valence-corrected chi connectivity index (χ4v) is 7.67. The second-order valence-electron chi connectivity index (χ2n) is 10.8. The number of aromatic amines is 1. The molecule has 47 heavy (non-hydrogen) atoms. The van der Waals surface area contributed by atoms with Crippen LogP contribution in [0.2, 0.25) is 0 Å². The highest BCUT2D eigenvalue weighted by Crippen LogP contribution is 2.53. The molecule has 2 bridgehead atoms. The second-order valence-corrected chi connectivity index (χ2v) is 13.6. The van der Waals surface area contributed by atoms with Crippen molar-refractivity contribution >= 4 is 49.6 Å². The van der Waals surface area contributed by atoms with Gasteiger partial charge in [0.25, 0.3) is 5.56 Å². The summed E-state index contributed by atoms with van der Waals surface area (Å²) in [7, 11) is -10.2. The number of aliphatic hydroxyl groups excluding tert-OH is 2. The maximum Gasteiger partial charge on any atom is 0.472 e. The van der Waals surface area contributed by atoms with Crippen molar-refractivity contribution in [2.45, 2.75) is 49.1 Å². The molecule has 3 saturated heterocycles. The van der Waals surface area contributed by atoms with Gasteiger partial charge in [0.15, 0.2) is 40.4 Å². The number of imidazole rings is 3. The molecule has 0 aliphatic carbocycles. The van der Waals surface area contributed by atoms with E-state index in [9.17, 15) is 33.9 Å². The Morgan fingerprint density at radius 1 is 0.809 bits per heavy atom. The number of phosphoric acid groups is 2. The zero-order chi connectivity index (χ0) is 32.8. The maximum atomic E-state index is 13.3. The van der Waals surface area contributed by atoms with Crippen LogP contribution in [0.5, 0.6) is 0 Å². The number of anilines is 1.